The monoisotopic (exact) mass is 270 g/mol. The quantitative estimate of drug-likeness (QED) is 0.739. The summed E-state index contributed by atoms with van der Waals surface area (Å²) in [5, 5.41) is 19.0. The molecule has 0 bridgehead atoms. The van der Waals surface area contributed by atoms with Crippen LogP contribution in [0.5, 0.6) is 0 Å². The van der Waals surface area contributed by atoms with Gasteiger partial charge in [-0.15, -0.1) is 0 Å². The molecule has 2 N–H and O–H groups in total. The lowest BCUT2D eigenvalue weighted by atomic mass is 10.1. The Labute approximate surface area is 102 Å². The molecule has 1 aromatic rings. The van der Waals surface area contributed by atoms with Crippen molar-refractivity contribution < 1.29 is 14.6 Å². The molecule has 0 amide bonds. The van der Waals surface area contributed by atoms with Crippen molar-refractivity contribution in [1.82, 2.24) is 0 Å². The molecule has 0 saturated carbocycles. The maximum Gasteiger partial charge on any atom is 0.126 e. The van der Waals surface area contributed by atoms with Gasteiger partial charge < -0.3 is 10.2 Å². The highest BCUT2D eigenvalue weighted by atomic mass is 35.5. The van der Waals surface area contributed by atoms with Crippen molar-refractivity contribution in [3.8, 4) is 0 Å². The molecule has 0 aromatic heterocycles. The number of hydrogen-bond donors (Lipinski definition) is 3. The molecular weight excluding hydrogens is 262 g/mol. The molecule has 1 rings (SSSR count). The van der Waals surface area contributed by atoms with E-state index in [0.29, 0.717) is 0 Å². The van der Waals surface area contributed by atoms with E-state index >= 15 is 0 Å². The van der Waals surface area contributed by atoms with Gasteiger partial charge in [-0.25, -0.2) is 4.39 Å². The minimum Gasteiger partial charge on any atom is -0.389 e. The van der Waals surface area contributed by atoms with E-state index in [1.807, 2.05) is 0 Å². The Bertz CT molecular complexity index is 339. The van der Waals surface area contributed by atoms with E-state index in [9.17, 15) is 14.6 Å². The predicted octanol–water partition coefficient (Wildman–Crippen LogP) is 2.46. The van der Waals surface area contributed by atoms with Crippen LogP contribution in [0.1, 0.15) is 11.7 Å². The van der Waals surface area contributed by atoms with Crippen molar-refractivity contribution in [2.75, 3.05) is 5.75 Å². The average molecular weight is 271 g/mol. The molecule has 0 heterocycles. The van der Waals surface area contributed by atoms with E-state index in [1.165, 1.54) is 0 Å². The smallest absolute Gasteiger partial charge is 0.126 e. The Balaban J connectivity index is 3.13. The largest absolute Gasteiger partial charge is 0.389 e. The lowest BCUT2D eigenvalue weighted by Gasteiger charge is -2.18. The predicted molar refractivity (Wildman–Crippen MR) is 61.2 cm³/mol. The van der Waals surface area contributed by atoms with Gasteiger partial charge in [-0.3, -0.25) is 0 Å². The fourth-order valence-corrected chi connectivity index (χ4v) is 2.01. The van der Waals surface area contributed by atoms with Crippen LogP contribution in [-0.2, 0) is 0 Å². The maximum atomic E-state index is 12.8. The molecule has 15 heavy (non-hydrogen) atoms. The van der Waals surface area contributed by atoms with Crippen molar-refractivity contribution in [1.29, 1.82) is 0 Å². The average Bonchev–Trinajstić information content (AvgIpc) is 2.14. The van der Waals surface area contributed by atoms with Gasteiger partial charge in [0, 0.05) is 11.3 Å². The van der Waals surface area contributed by atoms with Gasteiger partial charge in [-0.2, -0.15) is 12.6 Å². The van der Waals surface area contributed by atoms with Crippen molar-refractivity contribution in [2.24, 2.45) is 0 Å². The van der Waals surface area contributed by atoms with Crippen LogP contribution in [0.3, 0.4) is 0 Å². The Morgan fingerprint density at radius 2 is 1.73 bits per heavy atom. The Morgan fingerprint density at radius 1 is 1.27 bits per heavy atom. The van der Waals surface area contributed by atoms with Gasteiger partial charge in [0.25, 0.3) is 0 Å². The molecule has 0 saturated heterocycles. The second-order valence-corrected chi connectivity index (χ2v) is 4.16. The summed E-state index contributed by atoms with van der Waals surface area (Å²) >= 11 is 15.2. The van der Waals surface area contributed by atoms with Crippen LogP contribution in [0.2, 0.25) is 10.0 Å². The van der Waals surface area contributed by atoms with Crippen LogP contribution in [0, 0.1) is 5.82 Å². The van der Waals surface area contributed by atoms with Crippen molar-refractivity contribution >= 4 is 35.8 Å². The van der Waals surface area contributed by atoms with Crippen molar-refractivity contribution in [2.45, 2.75) is 12.2 Å². The SMILES string of the molecule is OC(CS)C(O)c1c(Cl)cc(F)cc1Cl. The Hall–Kier alpha value is -0.0000000000000000555. The lowest BCUT2D eigenvalue weighted by molar-refractivity contribution is 0.0338. The van der Waals surface area contributed by atoms with E-state index in [1.54, 1.807) is 0 Å². The molecule has 2 atom stereocenters. The standard InChI is InChI=1S/C9H9Cl2FO2S/c10-5-1-4(12)2-6(11)8(5)9(14)7(13)3-15/h1-2,7,9,13-15H,3H2. The molecule has 0 fully saturated rings. The molecular formula is C9H9Cl2FO2S. The Morgan fingerprint density at radius 3 is 2.13 bits per heavy atom. The fraction of sp³-hybridized carbons (Fsp3) is 0.333. The van der Waals surface area contributed by atoms with Crippen molar-refractivity contribution in [3.63, 3.8) is 0 Å². The summed E-state index contributed by atoms with van der Waals surface area (Å²) < 4.78 is 12.8. The van der Waals surface area contributed by atoms with Gasteiger partial charge in [0.15, 0.2) is 0 Å². The second-order valence-electron chi connectivity index (χ2n) is 2.98. The molecule has 0 aliphatic rings. The summed E-state index contributed by atoms with van der Waals surface area (Å²) in [6.45, 7) is 0. The van der Waals surface area contributed by atoms with Crippen LogP contribution >= 0.6 is 35.8 Å². The highest BCUT2D eigenvalue weighted by Crippen LogP contribution is 2.33. The van der Waals surface area contributed by atoms with Gasteiger partial charge in [0.2, 0.25) is 0 Å². The van der Waals surface area contributed by atoms with Crippen LogP contribution in [0.15, 0.2) is 12.1 Å². The van der Waals surface area contributed by atoms with E-state index in [2.05, 4.69) is 12.6 Å². The first kappa shape index (κ1) is 13.1. The molecule has 0 aliphatic heterocycles. The zero-order valence-corrected chi connectivity index (χ0v) is 9.90. The number of thiol groups is 1. The van der Waals surface area contributed by atoms with E-state index in [-0.39, 0.29) is 21.4 Å². The van der Waals surface area contributed by atoms with Crippen LogP contribution in [-0.4, -0.2) is 22.1 Å². The van der Waals surface area contributed by atoms with E-state index in [0.717, 1.165) is 12.1 Å². The van der Waals surface area contributed by atoms with Gasteiger partial charge in [-0.05, 0) is 12.1 Å². The molecule has 0 aliphatic carbocycles. The first-order valence-electron chi connectivity index (χ1n) is 4.08. The Kier molecular flexibility index (Phi) is 4.67. The molecule has 84 valence electrons. The number of aliphatic hydroxyl groups is 2. The van der Waals surface area contributed by atoms with Crippen LogP contribution < -0.4 is 0 Å². The highest BCUT2D eigenvalue weighted by Gasteiger charge is 2.22. The van der Waals surface area contributed by atoms with Crippen molar-refractivity contribution in [3.05, 3.63) is 33.6 Å². The normalized spacial score (nSPS) is 15.1. The maximum absolute atomic E-state index is 12.8. The topological polar surface area (TPSA) is 40.5 Å². The number of hydrogen-bond acceptors (Lipinski definition) is 3. The van der Waals surface area contributed by atoms with Gasteiger partial charge in [-0.1, -0.05) is 23.2 Å². The van der Waals surface area contributed by atoms with Gasteiger partial charge >= 0.3 is 0 Å². The number of benzene rings is 1. The molecule has 0 radical (unpaired) electrons. The number of rotatable bonds is 3. The first-order valence-corrected chi connectivity index (χ1v) is 5.47. The second kappa shape index (κ2) is 5.37. The third-order valence-corrected chi connectivity index (χ3v) is 2.89. The van der Waals surface area contributed by atoms with Gasteiger partial charge in [0.05, 0.1) is 16.1 Å². The third kappa shape index (κ3) is 2.98. The number of halogens is 3. The molecule has 2 nitrogen and oxygen atoms in total. The molecule has 2 unspecified atom stereocenters. The molecule has 1 aromatic carbocycles. The zero-order chi connectivity index (χ0) is 11.6. The zero-order valence-electron chi connectivity index (χ0n) is 7.49. The van der Waals surface area contributed by atoms with Gasteiger partial charge in [0.1, 0.15) is 11.9 Å². The number of aliphatic hydroxyl groups excluding tert-OH is 2. The summed E-state index contributed by atoms with van der Waals surface area (Å²) in [6, 6.07) is 2.05. The highest BCUT2D eigenvalue weighted by molar-refractivity contribution is 7.80. The van der Waals surface area contributed by atoms with E-state index < -0.39 is 18.0 Å². The van der Waals surface area contributed by atoms with Crippen LogP contribution in [0.25, 0.3) is 0 Å². The fourth-order valence-electron chi connectivity index (χ4n) is 1.13. The summed E-state index contributed by atoms with van der Waals surface area (Å²) in [6.07, 6.45) is -2.38. The minimum absolute atomic E-state index is 0.0201. The summed E-state index contributed by atoms with van der Waals surface area (Å²) in [5.41, 5.74) is 0.112. The summed E-state index contributed by atoms with van der Waals surface area (Å²) in [7, 11) is 0. The minimum atomic E-state index is -1.27. The van der Waals surface area contributed by atoms with E-state index in [4.69, 9.17) is 23.2 Å². The first-order chi connectivity index (χ1) is 6.97. The third-order valence-electron chi connectivity index (χ3n) is 1.89. The summed E-state index contributed by atoms with van der Waals surface area (Å²) in [5.74, 6) is -0.549. The lowest BCUT2D eigenvalue weighted by Crippen LogP contribution is -2.20. The molecule has 6 heteroatoms. The molecule has 0 spiro atoms. The van der Waals surface area contributed by atoms with Crippen LogP contribution in [0.4, 0.5) is 4.39 Å². The summed E-state index contributed by atoms with van der Waals surface area (Å²) in [4.78, 5) is 0.